The molecule has 0 N–H and O–H groups in total. The van der Waals surface area contributed by atoms with Gasteiger partial charge in [-0.15, -0.1) is 0 Å². The molecule has 0 aromatic heterocycles. The van der Waals surface area contributed by atoms with E-state index in [0.29, 0.717) is 4.83 Å². The zero-order valence-electron chi connectivity index (χ0n) is 18.1. The Labute approximate surface area is 181 Å². The number of nitrogens with zero attached hydrogens (tertiary/aromatic N) is 1. The van der Waals surface area contributed by atoms with Crippen LogP contribution in [0.2, 0.25) is 18.1 Å². The van der Waals surface area contributed by atoms with Gasteiger partial charge >= 0.3 is 0 Å². The zero-order valence-corrected chi connectivity index (χ0v) is 20.7. The number of halogens is 1. The summed E-state index contributed by atoms with van der Waals surface area (Å²) in [6.45, 7) is 15.3. The van der Waals surface area contributed by atoms with Crippen LogP contribution in [0.25, 0.3) is 0 Å². The Balaban J connectivity index is 1.93. The SMILES string of the molecule is CC(C)(C)[Si](C)(C)OCCC(Br)CN(Cc1ccccc1)Cc1ccccc1. The first-order chi connectivity index (χ1) is 13.2. The number of hydrogen-bond donors (Lipinski definition) is 0. The molecule has 0 aliphatic rings. The molecular formula is C24H36BrNOSi. The maximum Gasteiger partial charge on any atom is 0.191 e. The Morgan fingerprint density at radius 1 is 0.893 bits per heavy atom. The van der Waals surface area contributed by atoms with Gasteiger partial charge in [-0.2, -0.15) is 0 Å². The zero-order chi connectivity index (χ0) is 20.6. The average molecular weight is 463 g/mol. The molecule has 4 heteroatoms. The van der Waals surface area contributed by atoms with Crippen LogP contribution in [0, 0.1) is 0 Å². The van der Waals surface area contributed by atoms with Crippen LogP contribution in [-0.2, 0) is 17.5 Å². The molecule has 0 aliphatic carbocycles. The summed E-state index contributed by atoms with van der Waals surface area (Å²) in [6.07, 6.45) is 1.03. The van der Waals surface area contributed by atoms with E-state index in [-0.39, 0.29) is 5.04 Å². The third-order valence-corrected chi connectivity index (χ3v) is 10.9. The molecule has 0 heterocycles. The Bertz CT molecular complexity index is 643. The Morgan fingerprint density at radius 3 is 1.79 bits per heavy atom. The van der Waals surface area contributed by atoms with Gasteiger partial charge in [-0.25, -0.2) is 0 Å². The van der Waals surface area contributed by atoms with E-state index in [9.17, 15) is 0 Å². The second-order valence-corrected chi connectivity index (χ2v) is 15.2. The number of rotatable bonds is 10. The Hall–Kier alpha value is -0.943. The molecule has 2 aromatic rings. The average Bonchev–Trinajstić information content (AvgIpc) is 2.62. The highest BCUT2D eigenvalue weighted by atomic mass is 79.9. The van der Waals surface area contributed by atoms with Gasteiger partial charge in [0.1, 0.15) is 0 Å². The summed E-state index contributed by atoms with van der Waals surface area (Å²) < 4.78 is 6.37. The van der Waals surface area contributed by atoms with E-state index in [1.807, 2.05) is 0 Å². The van der Waals surface area contributed by atoms with Crippen LogP contribution in [-0.4, -0.2) is 31.2 Å². The smallest absolute Gasteiger partial charge is 0.191 e. The number of hydrogen-bond acceptors (Lipinski definition) is 2. The molecule has 0 bridgehead atoms. The van der Waals surface area contributed by atoms with Crippen molar-refractivity contribution in [2.75, 3.05) is 13.2 Å². The molecule has 0 aliphatic heterocycles. The van der Waals surface area contributed by atoms with E-state index in [0.717, 1.165) is 32.7 Å². The first kappa shape index (κ1) is 23.3. The normalized spacial score (nSPS) is 13.7. The molecule has 0 fully saturated rings. The minimum absolute atomic E-state index is 0.265. The molecule has 2 nitrogen and oxygen atoms in total. The third kappa shape index (κ3) is 7.82. The molecule has 0 amide bonds. The monoisotopic (exact) mass is 461 g/mol. The van der Waals surface area contributed by atoms with Crippen LogP contribution < -0.4 is 0 Å². The van der Waals surface area contributed by atoms with E-state index < -0.39 is 8.32 Å². The highest BCUT2D eigenvalue weighted by molar-refractivity contribution is 9.09. The predicted molar refractivity (Wildman–Crippen MR) is 127 cm³/mol. The predicted octanol–water partition coefficient (Wildman–Crippen LogP) is 6.86. The van der Waals surface area contributed by atoms with E-state index >= 15 is 0 Å². The van der Waals surface area contributed by atoms with Gasteiger partial charge in [0.2, 0.25) is 0 Å². The van der Waals surface area contributed by atoms with Crippen LogP contribution in [0.15, 0.2) is 60.7 Å². The lowest BCUT2D eigenvalue weighted by atomic mass is 10.1. The van der Waals surface area contributed by atoms with Crippen LogP contribution >= 0.6 is 15.9 Å². The number of benzene rings is 2. The highest BCUT2D eigenvalue weighted by Gasteiger charge is 2.37. The van der Waals surface area contributed by atoms with Crippen molar-refractivity contribution in [2.24, 2.45) is 0 Å². The lowest BCUT2D eigenvalue weighted by Crippen LogP contribution is -2.41. The van der Waals surface area contributed by atoms with Crippen molar-refractivity contribution >= 4 is 24.2 Å². The Kier molecular flexibility index (Phi) is 8.94. The topological polar surface area (TPSA) is 12.5 Å². The quantitative estimate of drug-likeness (QED) is 0.282. The van der Waals surface area contributed by atoms with E-state index in [1.54, 1.807) is 0 Å². The second-order valence-electron chi connectivity index (χ2n) is 9.14. The fraction of sp³-hybridized carbons (Fsp3) is 0.500. The van der Waals surface area contributed by atoms with Crippen LogP contribution in [0.4, 0.5) is 0 Å². The molecule has 1 unspecified atom stereocenters. The standard InChI is InChI=1S/C24H36BrNOSi/c1-24(2,3)28(4,5)27-17-16-23(25)20-26(18-21-12-8-6-9-13-21)19-22-14-10-7-11-15-22/h6-15,23H,16-20H2,1-5H3. The molecule has 2 rings (SSSR count). The summed E-state index contributed by atoms with van der Waals surface area (Å²) in [4.78, 5) is 2.95. The largest absolute Gasteiger partial charge is 0.417 e. The molecule has 0 saturated heterocycles. The Morgan fingerprint density at radius 2 is 1.36 bits per heavy atom. The summed E-state index contributed by atoms with van der Waals surface area (Å²) in [7, 11) is -1.67. The highest BCUT2D eigenvalue weighted by Crippen LogP contribution is 2.36. The molecule has 154 valence electrons. The van der Waals surface area contributed by atoms with Crippen LogP contribution in [0.5, 0.6) is 0 Å². The van der Waals surface area contributed by atoms with Crippen molar-refractivity contribution in [2.45, 2.75) is 63.2 Å². The van der Waals surface area contributed by atoms with Gasteiger partial charge in [-0.3, -0.25) is 4.90 Å². The first-order valence-electron chi connectivity index (χ1n) is 10.3. The van der Waals surface area contributed by atoms with Crippen molar-refractivity contribution in [1.82, 2.24) is 4.90 Å². The van der Waals surface area contributed by atoms with Gasteiger partial charge < -0.3 is 4.43 Å². The molecule has 28 heavy (non-hydrogen) atoms. The van der Waals surface area contributed by atoms with E-state index in [1.165, 1.54) is 11.1 Å². The summed E-state index contributed by atoms with van der Waals surface area (Å²) in [5.41, 5.74) is 2.71. The van der Waals surface area contributed by atoms with Crippen molar-refractivity contribution in [3.05, 3.63) is 71.8 Å². The maximum absolute atomic E-state index is 6.37. The summed E-state index contributed by atoms with van der Waals surface area (Å²) in [6, 6.07) is 21.5. The summed E-state index contributed by atoms with van der Waals surface area (Å²) in [5, 5.41) is 0.265. The molecule has 2 aromatic carbocycles. The molecule has 0 saturated carbocycles. The lowest BCUT2D eigenvalue weighted by Gasteiger charge is -2.36. The minimum atomic E-state index is -1.67. The van der Waals surface area contributed by atoms with Gasteiger partial charge in [-0.05, 0) is 35.7 Å². The number of alkyl halides is 1. The molecular weight excluding hydrogens is 426 g/mol. The lowest BCUT2D eigenvalue weighted by molar-refractivity contribution is 0.236. The fourth-order valence-corrected chi connectivity index (χ4v) is 4.56. The molecule has 1 atom stereocenters. The third-order valence-electron chi connectivity index (χ3n) is 5.65. The van der Waals surface area contributed by atoms with Gasteiger partial charge in [0, 0.05) is 31.1 Å². The van der Waals surface area contributed by atoms with E-state index in [2.05, 4.69) is 115 Å². The van der Waals surface area contributed by atoms with Crippen LogP contribution in [0.3, 0.4) is 0 Å². The molecule has 0 spiro atoms. The van der Waals surface area contributed by atoms with Crippen molar-refractivity contribution < 1.29 is 4.43 Å². The first-order valence-corrected chi connectivity index (χ1v) is 14.1. The minimum Gasteiger partial charge on any atom is -0.417 e. The van der Waals surface area contributed by atoms with Gasteiger partial charge in [0.15, 0.2) is 8.32 Å². The molecule has 0 radical (unpaired) electrons. The summed E-state index contributed by atoms with van der Waals surface area (Å²) in [5.74, 6) is 0. The van der Waals surface area contributed by atoms with E-state index in [4.69, 9.17) is 4.43 Å². The van der Waals surface area contributed by atoms with Gasteiger partial charge in [0.25, 0.3) is 0 Å². The van der Waals surface area contributed by atoms with Crippen molar-refractivity contribution in [3.63, 3.8) is 0 Å². The maximum atomic E-state index is 6.37. The summed E-state index contributed by atoms with van der Waals surface area (Å²) >= 11 is 3.92. The van der Waals surface area contributed by atoms with Gasteiger partial charge in [0.05, 0.1) is 0 Å². The second kappa shape index (κ2) is 10.7. The van der Waals surface area contributed by atoms with Crippen molar-refractivity contribution in [1.29, 1.82) is 0 Å². The van der Waals surface area contributed by atoms with Crippen molar-refractivity contribution in [3.8, 4) is 0 Å². The fourth-order valence-electron chi connectivity index (χ4n) is 2.90. The van der Waals surface area contributed by atoms with Crippen LogP contribution in [0.1, 0.15) is 38.3 Å². The van der Waals surface area contributed by atoms with Gasteiger partial charge in [-0.1, -0.05) is 97.4 Å².